The summed E-state index contributed by atoms with van der Waals surface area (Å²) in [4.78, 5) is 0. The van der Waals surface area contributed by atoms with E-state index in [0.717, 1.165) is 0 Å². The monoisotopic (exact) mass is 190 g/mol. The fraction of sp³-hybridized carbons (Fsp3) is 1.00. The molecule has 0 radical (unpaired) electrons. The molecule has 0 aromatic carbocycles. The zero-order valence-corrected chi connectivity index (χ0v) is 8.30. The SMILES string of the molecule is COC1OC(CO)C(C)C(C)C1O. The van der Waals surface area contributed by atoms with E-state index >= 15 is 0 Å². The Morgan fingerprint density at radius 3 is 2.38 bits per heavy atom. The topological polar surface area (TPSA) is 58.9 Å². The highest BCUT2D eigenvalue weighted by Gasteiger charge is 2.40. The lowest BCUT2D eigenvalue weighted by Crippen LogP contribution is -2.51. The van der Waals surface area contributed by atoms with Crippen LogP contribution >= 0.6 is 0 Å². The molecule has 0 aromatic rings. The molecule has 2 N–H and O–H groups in total. The molecule has 0 saturated carbocycles. The summed E-state index contributed by atoms with van der Waals surface area (Å²) < 4.78 is 10.3. The second-order valence-electron chi connectivity index (χ2n) is 3.67. The van der Waals surface area contributed by atoms with E-state index in [1.165, 1.54) is 7.11 Å². The van der Waals surface area contributed by atoms with Gasteiger partial charge in [-0.15, -0.1) is 0 Å². The van der Waals surface area contributed by atoms with Crippen LogP contribution in [-0.2, 0) is 9.47 Å². The predicted molar refractivity (Wildman–Crippen MR) is 47.1 cm³/mol. The highest BCUT2D eigenvalue weighted by Crippen LogP contribution is 2.30. The number of hydrogen-bond donors (Lipinski definition) is 2. The Balaban J connectivity index is 2.66. The van der Waals surface area contributed by atoms with Crippen LogP contribution in [-0.4, -0.2) is 42.4 Å². The van der Waals surface area contributed by atoms with Crippen molar-refractivity contribution in [3.05, 3.63) is 0 Å². The maximum absolute atomic E-state index is 9.69. The molecule has 1 saturated heterocycles. The van der Waals surface area contributed by atoms with E-state index < -0.39 is 12.4 Å². The third-order valence-corrected chi connectivity index (χ3v) is 2.95. The molecule has 5 unspecified atom stereocenters. The molecule has 4 heteroatoms. The molecule has 1 rings (SSSR count). The van der Waals surface area contributed by atoms with E-state index in [-0.39, 0.29) is 24.5 Å². The zero-order chi connectivity index (χ0) is 10.0. The van der Waals surface area contributed by atoms with Gasteiger partial charge in [-0.2, -0.15) is 0 Å². The highest BCUT2D eigenvalue weighted by atomic mass is 16.7. The number of rotatable bonds is 2. The first-order valence-electron chi connectivity index (χ1n) is 4.59. The summed E-state index contributed by atoms with van der Waals surface area (Å²) in [5, 5.41) is 18.7. The Hall–Kier alpha value is -0.160. The van der Waals surface area contributed by atoms with Crippen molar-refractivity contribution in [2.75, 3.05) is 13.7 Å². The first kappa shape index (κ1) is 10.9. The lowest BCUT2D eigenvalue weighted by molar-refractivity contribution is -0.266. The Morgan fingerprint density at radius 2 is 1.92 bits per heavy atom. The van der Waals surface area contributed by atoms with Crippen molar-refractivity contribution in [1.82, 2.24) is 0 Å². The van der Waals surface area contributed by atoms with Gasteiger partial charge in [0.25, 0.3) is 0 Å². The van der Waals surface area contributed by atoms with Gasteiger partial charge >= 0.3 is 0 Å². The third-order valence-electron chi connectivity index (χ3n) is 2.95. The van der Waals surface area contributed by atoms with Gasteiger partial charge in [0.15, 0.2) is 6.29 Å². The van der Waals surface area contributed by atoms with Crippen molar-refractivity contribution in [2.45, 2.75) is 32.3 Å². The summed E-state index contributed by atoms with van der Waals surface area (Å²) in [5.41, 5.74) is 0. The van der Waals surface area contributed by atoms with Crippen LogP contribution in [0, 0.1) is 11.8 Å². The van der Waals surface area contributed by atoms with Crippen LogP contribution in [0.15, 0.2) is 0 Å². The fourth-order valence-corrected chi connectivity index (χ4v) is 1.68. The molecular weight excluding hydrogens is 172 g/mol. The van der Waals surface area contributed by atoms with Gasteiger partial charge in [-0.05, 0) is 11.8 Å². The lowest BCUT2D eigenvalue weighted by atomic mass is 9.84. The largest absolute Gasteiger partial charge is 0.394 e. The van der Waals surface area contributed by atoms with Gasteiger partial charge in [0.05, 0.1) is 12.7 Å². The van der Waals surface area contributed by atoms with E-state index in [2.05, 4.69) is 0 Å². The Kier molecular flexibility index (Phi) is 3.67. The van der Waals surface area contributed by atoms with Crippen LogP contribution in [0.3, 0.4) is 0 Å². The number of methoxy groups -OCH3 is 1. The van der Waals surface area contributed by atoms with Crippen molar-refractivity contribution >= 4 is 0 Å². The van der Waals surface area contributed by atoms with E-state index in [1.807, 2.05) is 13.8 Å². The summed E-state index contributed by atoms with van der Waals surface area (Å²) in [5.74, 6) is 0.224. The number of aliphatic hydroxyl groups excluding tert-OH is 2. The van der Waals surface area contributed by atoms with Crippen LogP contribution in [0.5, 0.6) is 0 Å². The van der Waals surface area contributed by atoms with Crippen LogP contribution < -0.4 is 0 Å². The standard InChI is InChI=1S/C9H18O4/c1-5-6(2)8(11)9(12-3)13-7(5)4-10/h5-11H,4H2,1-3H3. The van der Waals surface area contributed by atoms with Gasteiger partial charge in [0.2, 0.25) is 0 Å². The molecule has 1 fully saturated rings. The van der Waals surface area contributed by atoms with E-state index in [4.69, 9.17) is 14.6 Å². The van der Waals surface area contributed by atoms with Crippen LogP contribution in [0.2, 0.25) is 0 Å². The Labute approximate surface area is 78.5 Å². The van der Waals surface area contributed by atoms with E-state index in [0.29, 0.717) is 0 Å². The minimum absolute atomic E-state index is 0.0297. The molecule has 78 valence electrons. The third kappa shape index (κ3) is 2.02. The first-order chi connectivity index (χ1) is 6.11. The van der Waals surface area contributed by atoms with E-state index in [9.17, 15) is 5.11 Å². The molecule has 1 aliphatic rings. The van der Waals surface area contributed by atoms with Gasteiger partial charge in [0.1, 0.15) is 6.10 Å². The number of aliphatic hydroxyl groups is 2. The Bertz CT molecular complexity index is 142. The second-order valence-corrected chi connectivity index (χ2v) is 3.67. The minimum Gasteiger partial charge on any atom is -0.394 e. The number of ether oxygens (including phenoxy) is 2. The normalized spacial score (nSPS) is 46.4. The number of hydrogen-bond acceptors (Lipinski definition) is 4. The average Bonchev–Trinajstić information content (AvgIpc) is 2.15. The van der Waals surface area contributed by atoms with Crippen molar-refractivity contribution < 1.29 is 19.7 Å². The molecule has 4 nitrogen and oxygen atoms in total. The molecule has 0 spiro atoms. The smallest absolute Gasteiger partial charge is 0.183 e. The summed E-state index contributed by atoms with van der Waals surface area (Å²) in [6.45, 7) is 3.87. The minimum atomic E-state index is -0.609. The van der Waals surface area contributed by atoms with Crippen molar-refractivity contribution in [3.63, 3.8) is 0 Å². The van der Waals surface area contributed by atoms with Crippen LogP contribution in [0.4, 0.5) is 0 Å². The van der Waals surface area contributed by atoms with Crippen molar-refractivity contribution in [2.24, 2.45) is 11.8 Å². The quantitative estimate of drug-likeness (QED) is 0.642. The second kappa shape index (κ2) is 4.37. The molecule has 0 aromatic heterocycles. The molecule has 1 aliphatic heterocycles. The summed E-state index contributed by atoms with van der Waals surface area (Å²) in [6.07, 6.45) is -1.45. The maximum atomic E-state index is 9.69. The highest BCUT2D eigenvalue weighted by molar-refractivity contribution is 4.83. The predicted octanol–water partition coefficient (Wildman–Crippen LogP) is -0.0169. The fourth-order valence-electron chi connectivity index (χ4n) is 1.68. The van der Waals surface area contributed by atoms with Gasteiger partial charge in [0, 0.05) is 7.11 Å². The molecule has 0 amide bonds. The van der Waals surface area contributed by atoms with Crippen molar-refractivity contribution in [1.29, 1.82) is 0 Å². The molecule has 5 atom stereocenters. The Morgan fingerprint density at radius 1 is 1.31 bits per heavy atom. The van der Waals surface area contributed by atoms with E-state index in [1.54, 1.807) is 0 Å². The van der Waals surface area contributed by atoms with Crippen LogP contribution in [0.1, 0.15) is 13.8 Å². The summed E-state index contributed by atoms with van der Waals surface area (Å²) in [6, 6.07) is 0. The molecule has 13 heavy (non-hydrogen) atoms. The van der Waals surface area contributed by atoms with Crippen molar-refractivity contribution in [3.8, 4) is 0 Å². The molecular formula is C9H18O4. The summed E-state index contributed by atoms with van der Waals surface area (Å²) >= 11 is 0. The molecule has 1 heterocycles. The molecule has 0 aliphatic carbocycles. The van der Waals surface area contributed by atoms with Gasteiger partial charge in [-0.1, -0.05) is 13.8 Å². The maximum Gasteiger partial charge on any atom is 0.183 e. The van der Waals surface area contributed by atoms with Gasteiger partial charge in [-0.25, -0.2) is 0 Å². The van der Waals surface area contributed by atoms with Gasteiger partial charge in [-0.3, -0.25) is 0 Å². The average molecular weight is 190 g/mol. The lowest BCUT2D eigenvalue weighted by Gasteiger charge is -2.41. The summed E-state index contributed by atoms with van der Waals surface area (Å²) in [7, 11) is 1.49. The zero-order valence-electron chi connectivity index (χ0n) is 8.30. The van der Waals surface area contributed by atoms with Crippen LogP contribution in [0.25, 0.3) is 0 Å². The molecule has 0 bridgehead atoms. The van der Waals surface area contributed by atoms with Gasteiger partial charge < -0.3 is 19.7 Å². The first-order valence-corrected chi connectivity index (χ1v) is 4.59.